The molecule has 0 aliphatic carbocycles. The first-order valence-corrected chi connectivity index (χ1v) is 6.87. The highest BCUT2D eigenvalue weighted by Gasteiger charge is 2.14. The van der Waals surface area contributed by atoms with Crippen molar-refractivity contribution in [1.82, 2.24) is 4.89 Å². The second kappa shape index (κ2) is 5.20. The maximum Gasteiger partial charge on any atom is 0.271 e. The first-order valence-electron chi connectivity index (χ1n) is 5.38. The van der Waals surface area contributed by atoms with Gasteiger partial charge in [-0.15, -0.1) is 0 Å². The van der Waals surface area contributed by atoms with Gasteiger partial charge in [0.15, 0.2) is 0 Å². The van der Waals surface area contributed by atoms with Gasteiger partial charge in [0.2, 0.25) is 0 Å². The summed E-state index contributed by atoms with van der Waals surface area (Å²) in [5, 5.41) is 0. The zero-order valence-electron chi connectivity index (χ0n) is 9.83. The monoisotopic (exact) mass is 263 g/mol. The molecular formula is C13H13NO3S. The maximum absolute atomic E-state index is 11.9. The summed E-state index contributed by atoms with van der Waals surface area (Å²) in [4.78, 5) is 7.27. The van der Waals surface area contributed by atoms with Crippen LogP contribution in [0.5, 0.6) is 5.75 Å². The molecule has 0 bridgehead atoms. The van der Waals surface area contributed by atoms with Gasteiger partial charge in [0, 0.05) is 0 Å². The van der Waals surface area contributed by atoms with Crippen molar-refractivity contribution in [3.8, 4) is 5.75 Å². The lowest BCUT2D eigenvalue weighted by Crippen LogP contribution is -2.27. The van der Waals surface area contributed by atoms with Crippen molar-refractivity contribution in [2.45, 2.75) is 11.8 Å². The molecule has 0 saturated heterocycles. The summed E-state index contributed by atoms with van der Waals surface area (Å²) in [6, 6.07) is 15.2. The van der Waals surface area contributed by atoms with Crippen LogP contribution in [0, 0.1) is 6.92 Å². The average molecular weight is 263 g/mol. The summed E-state index contributed by atoms with van der Waals surface area (Å²) in [6.45, 7) is 1.89. The van der Waals surface area contributed by atoms with Gasteiger partial charge in [0.1, 0.15) is 5.75 Å². The van der Waals surface area contributed by atoms with Crippen molar-refractivity contribution in [3.63, 3.8) is 0 Å². The molecule has 1 N–H and O–H groups in total. The van der Waals surface area contributed by atoms with Crippen LogP contribution in [0.1, 0.15) is 5.56 Å². The molecule has 2 aromatic rings. The van der Waals surface area contributed by atoms with Crippen molar-refractivity contribution < 1.29 is 13.3 Å². The Kier molecular flexibility index (Phi) is 3.64. The molecule has 94 valence electrons. The Labute approximate surface area is 106 Å². The standard InChI is InChI=1S/C13H13NO3S/c1-11-7-9-13(10-8-11)18(15,16)14-17-12-5-3-2-4-6-12/h2-10,14H,1H3. The molecule has 0 fully saturated rings. The predicted molar refractivity (Wildman–Crippen MR) is 68.6 cm³/mol. The van der Waals surface area contributed by atoms with Gasteiger partial charge in [-0.3, -0.25) is 0 Å². The minimum atomic E-state index is -3.65. The summed E-state index contributed by atoms with van der Waals surface area (Å²) >= 11 is 0. The first kappa shape index (κ1) is 12.6. The van der Waals surface area contributed by atoms with Gasteiger partial charge in [0.05, 0.1) is 4.90 Å². The fourth-order valence-corrected chi connectivity index (χ4v) is 2.15. The normalized spacial score (nSPS) is 11.2. The van der Waals surface area contributed by atoms with Crippen LogP contribution in [0.25, 0.3) is 0 Å². The smallest absolute Gasteiger partial charge is 0.271 e. The Morgan fingerprint density at radius 1 is 0.944 bits per heavy atom. The van der Waals surface area contributed by atoms with E-state index in [1.807, 2.05) is 13.0 Å². The maximum atomic E-state index is 11.9. The Hall–Kier alpha value is -1.85. The van der Waals surface area contributed by atoms with E-state index in [4.69, 9.17) is 4.84 Å². The number of para-hydroxylation sites is 1. The molecule has 0 aliphatic rings. The summed E-state index contributed by atoms with van der Waals surface area (Å²) in [5.74, 6) is 0.438. The zero-order chi connectivity index (χ0) is 13.0. The minimum Gasteiger partial charge on any atom is -0.394 e. The van der Waals surface area contributed by atoms with Gasteiger partial charge in [-0.2, -0.15) is 0 Å². The van der Waals surface area contributed by atoms with Crippen molar-refractivity contribution in [2.24, 2.45) is 0 Å². The third-order valence-corrected chi connectivity index (χ3v) is 3.54. The van der Waals surface area contributed by atoms with Crippen LogP contribution in [0.15, 0.2) is 59.5 Å². The lowest BCUT2D eigenvalue weighted by atomic mass is 10.2. The van der Waals surface area contributed by atoms with Gasteiger partial charge in [-0.25, -0.2) is 8.42 Å². The number of rotatable bonds is 4. The van der Waals surface area contributed by atoms with E-state index >= 15 is 0 Å². The fraction of sp³-hybridized carbons (Fsp3) is 0.0769. The van der Waals surface area contributed by atoms with Crippen molar-refractivity contribution in [2.75, 3.05) is 0 Å². The number of benzene rings is 2. The topological polar surface area (TPSA) is 55.4 Å². The van der Waals surface area contributed by atoms with Crippen LogP contribution >= 0.6 is 0 Å². The molecule has 2 rings (SSSR count). The highest BCUT2D eigenvalue weighted by molar-refractivity contribution is 7.89. The van der Waals surface area contributed by atoms with Crippen molar-refractivity contribution >= 4 is 10.0 Å². The molecule has 0 saturated carbocycles. The highest BCUT2D eigenvalue weighted by atomic mass is 32.2. The quantitative estimate of drug-likeness (QED) is 0.861. The second-order valence-electron chi connectivity index (χ2n) is 3.81. The molecule has 0 radical (unpaired) electrons. The molecular weight excluding hydrogens is 250 g/mol. The first-order chi connectivity index (χ1) is 8.58. The van der Waals surface area contributed by atoms with E-state index in [0.717, 1.165) is 5.56 Å². The van der Waals surface area contributed by atoms with Crippen LogP contribution in [0.3, 0.4) is 0 Å². The highest BCUT2D eigenvalue weighted by Crippen LogP contribution is 2.12. The van der Waals surface area contributed by atoms with Crippen LogP contribution < -0.4 is 9.72 Å². The molecule has 18 heavy (non-hydrogen) atoms. The van der Waals surface area contributed by atoms with E-state index in [2.05, 4.69) is 4.89 Å². The molecule has 0 spiro atoms. The third kappa shape index (κ3) is 3.09. The molecule has 0 aromatic heterocycles. The van der Waals surface area contributed by atoms with E-state index in [-0.39, 0.29) is 4.90 Å². The SMILES string of the molecule is Cc1ccc(S(=O)(=O)NOc2ccccc2)cc1. The van der Waals surface area contributed by atoms with Gasteiger partial charge in [-0.1, -0.05) is 35.9 Å². The number of aryl methyl sites for hydroxylation is 1. The minimum absolute atomic E-state index is 0.170. The lowest BCUT2D eigenvalue weighted by molar-refractivity contribution is 0.269. The van der Waals surface area contributed by atoms with Crippen molar-refractivity contribution in [1.29, 1.82) is 0 Å². The Balaban J connectivity index is 2.11. The van der Waals surface area contributed by atoms with Gasteiger partial charge in [0.25, 0.3) is 10.0 Å². The van der Waals surface area contributed by atoms with Gasteiger partial charge >= 0.3 is 0 Å². The molecule has 5 heteroatoms. The van der Waals surface area contributed by atoms with E-state index in [9.17, 15) is 8.42 Å². The summed E-state index contributed by atoms with van der Waals surface area (Å²) < 4.78 is 23.8. The van der Waals surface area contributed by atoms with Crippen LogP contribution in [0.4, 0.5) is 0 Å². The molecule has 0 heterocycles. The summed E-state index contributed by atoms with van der Waals surface area (Å²) in [7, 11) is -3.65. The summed E-state index contributed by atoms with van der Waals surface area (Å²) in [6.07, 6.45) is 0. The van der Waals surface area contributed by atoms with Crippen molar-refractivity contribution in [3.05, 3.63) is 60.2 Å². The number of sulfonamides is 1. The van der Waals surface area contributed by atoms with E-state index in [0.29, 0.717) is 5.75 Å². The molecule has 0 unspecified atom stereocenters. The molecule has 0 amide bonds. The summed E-state index contributed by atoms with van der Waals surface area (Å²) in [5.41, 5.74) is 0.998. The second-order valence-corrected chi connectivity index (χ2v) is 5.46. The largest absolute Gasteiger partial charge is 0.394 e. The molecule has 0 aliphatic heterocycles. The van der Waals surface area contributed by atoms with E-state index < -0.39 is 10.0 Å². The van der Waals surface area contributed by atoms with Gasteiger partial charge < -0.3 is 4.84 Å². The van der Waals surface area contributed by atoms with Gasteiger partial charge in [-0.05, 0) is 36.1 Å². The molecule has 4 nitrogen and oxygen atoms in total. The van der Waals surface area contributed by atoms with Crippen LogP contribution in [-0.2, 0) is 10.0 Å². The van der Waals surface area contributed by atoms with Crippen LogP contribution in [-0.4, -0.2) is 8.42 Å². The molecule has 2 aromatic carbocycles. The average Bonchev–Trinajstić information content (AvgIpc) is 2.38. The molecule has 0 atom stereocenters. The number of hydrogen-bond donors (Lipinski definition) is 1. The van der Waals surface area contributed by atoms with E-state index in [1.54, 1.807) is 36.4 Å². The van der Waals surface area contributed by atoms with Crippen LogP contribution in [0.2, 0.25) is 0 Å². The Morgan fingerprint density at radius 2 is 1.56 bits per heavy atom. The third-order valence-electron chi connectivity index (χ3n) is 2.34. The Morgan fingerprint density at radius 3 is 2.17 bits per heavy atom. The predicted octanol–water partition coefficient (Wildman–Crippen LogP) is 2.27. The van der Waals surface area contributed by atoms with E-state index in [1.165, 1.54) is 12.1 Å². The number of hydrogen-bond acceptors (Lipinski definition) is 3. The fourth-order valence-electron chi connectivity index (χ4n) is 1.36. The number of nitrogens with one attached hydrogen (secondary N) is 1. The lowest BCUT2D eigenvalue weighted by Gasteiger charge is -2.08. The Bertz CT molecular complexity index is 606. The zero-order valence-corrected chi connectivity index (χ0v) is 10.6.